The zero-order valence-corrected chi connectivity index (χ0v) is 11.7. The summed E-state index contributed by atoms with van der Waals surface area (Å²) in [5.41, 5.74) is 0.910. The molecule has 0 aliphatic heterocycles. The summed E-state index contributed by atoms with van der Waals surface area (Å²) in [6, 6.07) is 3.94. The van der Waals surface area contributed by atoms with Crippen molar-refractivity contribution in [3.05, 3.63) is 47.7 Å². The predicted octanol–water partition coefficient (Wildman–Crippen LogP) is 2.22. The number of hydrogen-bond donors (Lipinski definition) is 0. The van der Waals surface area contributed by atoms with Gasteiger partial charge in [-0.2, -0.15) is 4.98 Å². The van der Waals surface area contributed by atoms with Crippen LogP contribution in [0.25, 0.3) is 10.7 Å². The van der Waals surface area contributed by atoms with Crippen molar-refractivity contribution in [2.24, 2.45) is 0 Å². The SMILES string of the molecule is CN(Cc1cnccn1)Cc1nc(-c2cccs2)no1. The molecule has 3 aromatic heterocycles. The van der Waals surface area contributed by atoms with Crippen LogP contribution >= 0.6 is 11.3 Å². The van der Waals surface area contributed by atoms with E-state index in [2.05, 4.69) is 25.0 Å². The number of aromatic nitrogens is 4. The van der Waals surface area contributed by atoms with Crippen LogP contribution < -0.4 is 0 Å². The first-order chi connectivity index (χ1) is 9.81. The molecule has 0 aliphatic rings. The molecular weight excluding hydrogens is 274 g/mol. The van der Waals surface area contributed by atoms with Crippen molar-refractivity contribution in [1.82, 2.24) is 25.0 Å². The Bertz CT molecular complexity index is 652. The van der Waals surface area contributed by atoms with E-state index in [9.17, 15) is 0 Å². The molecule has 0 N–H and O–H groups in total. The van der Waals surface area contributed by atoms with E-state index >= 15 is 0 Å². The minimum absolute atomic E-state index is 0.578. The lowest BCUT2D eigenvalue weighted by atomic mass is 10.4. The summed E-state index contributed by atoms with van der Waals surface area (Å²) in [5, 5.41) is 5.98. The van der Waals surface area contributed by atoms with Gasteiger partial charge >= 0.3 is 0 Å². The van der Waals surface area contributed by atoms with E-state index in [0.29, 0.717) is 24.8 Å². The van der Waals surface area contributed by atoms with E-state index in [-0.39, 0.29) is 0 Å². The van der Waals surface area contributed by atoms with Gasteiger partial charge in [-0.1, -0.05) is 11.2 Å². The highest BCUT2D eigenvalue weighted by Crippen LogP contribution is 2.21. The molecule has 0 aliphatic carbocycles. The average Bonchev–Trinajstić information content (AvgIpc) is 3.10. The first kappa shape index (κ1) is 12.9. The topological polar surface area (TPSA) is 67.9 Å². The van der Waals surface area contributed by atoms with Crippen LogP contribution in [-0.2, 0) is 13.1 Å². The molecule has 20 heavy (non-hydrogen) atoms. The maximum Gasteiger partial charge on any atom is 0.241 e. The smallest absolute Gasteiger partial charge is 0.241 e. The van der Waals surface area contributed by atoms with E-state index < -0.39 is 0 Å². The van der Waals surface area contributed by atoms with Crippen LogP contribution in [0.15, 0.2) is 40.6 Å². The highest BCUT2D eigenvalue weighted by molar-refractivity contribution is 7.13. The summed E-state index contributed by atoms with van der Waals surface area (Å²) < 4.78 is 5.26. The van der Waals surface area contributed by atoms with Crippen LogP contribution in [0.2, 0.25) is 0 Å². The Kier molecular flexibility index (Phi) is 3.80. The molecule has 0 spiro atoms. The summed E-state index contributed by atoms with van der Waals surface area (Å²) in [6.07, 6.45) is 5.10. The fourth-order valence-corrected chi connectivity index (χ4v) is 2.45. The summed E-state index contributed by atoms with van der Waals surface area (Å²) in [7, 11) is 1.98. The third-order valence-electron chi connectivity index (χ3n) is 2.66. The highest BCUT2D eigenvalue weighted by Gasteiger charge is 2.11. The lowest BCUT2D eigenvalue weighted by Gasteiger charge is -2.12. The Morgan fingerprint density at radius 3 is 3.00 bits per heavy atom. The van der Waals surface area contributed by atoms with E-state index in [1.165, 1.54) is 0 Å². The van der Waals surface area contributed by atoms with Crippen LogP contribution in [0.5, 0.6) is 0 Å². The van der Waals surface area contributed by atoms with Gasteiger partial charge in [0.15, 0.2) is 0 Å². The Morgan fingerprint density at radius 2 is 2.25 bits per heavy atom. The van der Waals surface area contributed by atoms with Crippen LogP contribution in [-0.4, -0.2) is 32.1 Å². The molecule has 0 unspecified atom stereocenters. The molecule has 0 atom stereocenters. The molecule has 0 bridgehead atoms. The van der Waals surface area contributed by atoms with Crippen molar-refractivity contribution < 1.29 is 4.52 Å². The Labute approximate surface area is 120 Å². The second-order valence-corrected chi connectivity index (χ2v) is 5.31. The Hall–Kier alpha value is -2.12. The highest BCUT2D eigenvalue weighted by atomic mass is 32.1. The van der Waals surface area contributed by atoms with Crippen molar-refractivity contribution >= 4 is 11.3 Å². The number of rotatable bonds is 5. The van der Waals surface area contributed by atoms with Gasteiger partial charge in [0.1, 0.15) is 0 Å². The summed E-state index contributed by atoms with van der Waals surface area (Å²) in [4.78, 5) is 15.7. The van der Waals surface area contributed by atoms with Crippen molar-refractivity contribution in [2.75, 3.05) is 7.05 Å². The van der Waals surface area contributed by atoms with E-state index in [1.54, 1.807) is 29.9 Å². The van der Waals surface area contributed by atoms with Crippen LogP contribution in [0.4, 0.5) is 0 Å². The molecule has 0 amide bonds. The maximum atomic E-state index is 5.26. The molecule has 7 heteroatoms. The van der Waals surface area contributed by atoms with Gasteiger partial charge in [0.05, 0.1) is 17.1 Å². The van der Waals surface area contributed by atoms with Crippen molar-refractivity contribution in [2.45, 2.75) is 13.1 Å². The molecule has 3 aromatic rings. The molecule has 0 saturated heterocycles. The second kappa shape index (κ2) is 5.89. The van der Waals surface area contributed by atoms with Crippen molar-refractivity contribution in [3.63, 3.8) is 0 Å². The number of hydrogen-bond acceptors (Lipinski definition) is 7. The molecule has 0 aromatic carbocycles. The zero-order chi connectivity index (χ0) is 13.8. The third kappa shape index (κ3) is 3.06. The maximum absolute atomic E-state index is 5.26. The normalized spacial score (nSPS) is 11.1. The lowest BCUT2D eigenvalue weighted by molar-refractivity contribution is 0.258. The summed E-state index contributed by atoms with van der Waals surface area (Å²) in [6.45, 7) is 1.26. The molecule has 0 fully saturated rings. The standard InChI is InChI=1S/C13H13N5OS/c1-18(8-10-7-14-4-5-15-10)9-12-16-13(17-19-12)11-3-2-6-20-11/h2-7H,8-9H2,1H3. The third-order valence-corrected chi connectivity index (χ3v) is 3.53. The number of thiophene rings is 1. The van der Waals surface area contributed by atoms with Gasteiger partial charge in [0.25, 0.3) is 0 Å². The van der Waals surface area contributed by atoms with Gasteiger partial charge in [0, 0.05) is 25.1 Å². The second-order valence-electron chi connectivity index (χ2n) is 4.36. The van der Waals surface area contributed by atoms with Gasteiger partial charge in [-0.3, -0.25) is 14.9 Å². The van der Waals surface area contributed by atoms with E-state index in [0.717, 1.165) is 10.6 Å². The Morgan fingerprint density at radius 1 is 1.30 bits per heavy atom. The molecular formula is C13H13N5OS. The first-order valence-electron chi connectivity index (χ1n) is 6.11. The number of nitrogens with zero attached hydrogens (tertiary/aromatic N) is 5. The lowest BCUT2D eigenvalue weighted by Crippen LogP contribution is -2.18. The van der Waals surface area contributed by atoms with Crippen LogP contribution in [0, 0.1) is 0 Å². The fraction of sp³-hybridized carbons (Fsp3) is 0.231. The minimum atomic E-state index is 0.578. The van der Waals surface area contributed by atoms with Gasteiger partial charge in [-0.25, -0.2) is 0 Å². The fourth-order valence-electron chi connectivity index (χ4n) is 1.80. The molecule has 6 nitrogen and oxygen atoms in total. The Balaban J connectivity index is 1.63. The summed E-state index contributed by atoms with van der Waals surface area (Å²) in [5.74, 6) is 1.24. The largest absolute Gasteiger partial charge is 0.338 e. The van der Waals surface area contributed by atoms with Gasteiger partial charge in [-0.05, 0) is 18.5 Å². The predicted molar refractivity (Wildman–Crippen MR) is 74.8 cm³/mol. The van der Waals surface area contributed by atoms with Crippen LogP contribution in [0.1, 0.15) is 11.6 Å². The molecule has 0 saturated carbocycles. The first-order valence-corrected chi connectivity index (χ1v) is 6.99. The van der Waals surface area contributed by atoms with Gasteiger partial charge in [-0.15, -0.1) is 11.3 Å². The zero-order valence-electron chi connectivity index (χ0n) is 10.9. The minimum Gasteiger partial charge on any atom is -0.338 e. The van der Waals surface area contributed by atoms with E-state index in [1.807, 2.05) is 24.6 Å². The van der Waals surface area contributed by atoms with Crippen molar-refractivity contribution in [1.29, 1.82) is 0 Å². The average molecular weight is 287 g/mol. The van der Waals surface area contributed by atoms with Crippen LogP contribution in [0.3, 0.4) is 0 Å². The molecule has 3 heterocycles. The molecule has 102 valence electrons. The summed E-state index contributed by atoms with van der Waals surface area (Å²) >= 11 is 1.59. The van der Waals surface area contributed by atoms with Crippen molar-refractivity contribution in [3.8, 4) is 10.7 Å². The quantitative estimate of drug-likeness (QED) is 0.716. The van der Waals surface area contributed by atoms with Gasteiger partial charge < -0.3 is 4.52 Å². The van der Waals surface area contributed by atoms with E-state index in [4.69, 9.17) is 4.52 Å². The monoisotopic (exact) mass is 287 g/mol. The van der Waals surface area contributed by atoms with Gasteiger partial charge in [0.2, 0.25) is 11.7 Å². The molecule has 3 rings (SSSR count). The molecule has 0 radical (unpaired) electrons.